The highest BCUT2D eigenvalue weighted by atomic mass is 16.6. The summed E-state index contributed by atoms with van der Waals surface area (Å²) in [7, 11) is 0. The van der Waals surface area contributed by atoms with Gasteiger partial charge < -0.3 is 20.1 Å². The van der Waals surface area contributed by atoms with Crippen molar-refractivity contribution in [2.45, 2.75) is 148 Å². The van der Waals surface area contributed by atoms with Crippen LogP contribution in [0.3, 0.4) is 0 Å². The number of aliphatic hydroxyl groups is 3. The summed E-state index contributed by atoms with van der Waals surface area (Å²) in [6.07, 6.45) is 19.8. The minimum atomic E-state index is -1.96. The van der Waals surface area contributed by atoms with Crippen molar-refractivity contribution in [2.75, 3.05) is 6.61 Å². The smallest absolute Gasteiger partial charge is 0.306 e. The Balaban J connectivity index is 1.29. The van der Waals surface area contributed by atoms with Crippen LogP contribution in [-0.4, -0.2) is 51.0 Å². The van der Waals surface area contributed by atoms with E-state index in [1.165, 1.54) is 64.2 Å². The SMILES string of the molecule is CCCCCCCCCCCCCCCC(=O)O[C@@]12C[C@@H](C)C3[C@@H](C=C(CO)[C@@H](O)[C@]4(O)C(=O)C(C)=C[C@@H]34)[C@@H]1C2(C)C. The quantitative estimate of drug-likeness (QED) is 0.104. The number of carbonyl (C=O) groups excluding carboxylic acids is 2. The van der Waals surface area contributed by atoms with Crippen LogP contribution in [-0.2, 0) is 14.3 Å². The number of ketones is 1. The van der Waals surface area contributed by atoms with Gasteiger partial charge in [0, 0.05) is 23.7 Å². The minimum Gasteiger partial charge on any atom is -0.458 e. The predicted molar refractivity (Wildman–Crippen MR) is 166 cm³/mol. The van der Waals surface area contributed by atoms with Crippen LogP contribution in [0.2, 0.25) is 0 Å². The standard InChI is InChI=1S/C36H58O6/c1-6-7-8-9-10-11-12-13-14-15-16-17-18-19-29(38)42-35-22-25(3)30-27(31(35)34(35,4)5)21-26(23-37)33(40)36(41)28(30)20-24(2)32(36)39/h20-21,25,27-28,30-31,33,37,40-41H,6-19,22-23H2,1-5H3/t25-,27-,28+,30?,31-,33-,35+,36-/m1/s1. The van der Waals surface area contributed by atoms with Gasteiger partial charge in [-0.2, -0.15) is 0 Å². The van der Waals surface area contributed by atoms with Crippen LogP contribution in [0.15, 0.2) is 23.3 Å². The van der Waals surface area contributed by atoms with Crippen LogP contribution in [0.25, 0.3) is 0 Å². The number of rotatable bonds is 16. The Morgan fingerprint density at radius 1 is 0.952 bits per heavy atom. The lowest BCUT2D eigenvalue weighted by molar-refractivity contribution is -0.161. The van der Waals surface area contributed by atoms with Crippen LogP contribution < -0.4 is 0 Å². The summed E-state index contributed by atoms with van der Waals surface area (Å²) in [4.78, 5) is 26.3. The molecule has 0 heterocycles. The second kappa shape index (κ2) is 13.6. The van der Waals surface area contributed by atoms with E-state index in [0.29, 0.717) is 18.4 Å². The van der Waals surface area contributed by atoms with E-state index in [1.807, 2.05) is 12.2 Å². The van der Waals surface area contributed by atoms with Gasteiger partial charge in [0.2, 0.25) is 0 Å². The fraction of sp³-hybridized carbons (Fsp3) is 0.833. The number of esters is 1. The van der Waals surface area contributed by atoms with Crippen molar-refractivity contribution in [1.29, 1.82) is 0 Å². The van der Waals surface area contributed by atoms with Gasteiger partial charge in [-0.1, -0.05) is 117 Å². The Bertz CT molecular complexity index is 1030. The van der Waals surface area contributed by atoms with E-state index in [0.717, 1.165) is 19.3 Å². The second-order valence-electron chi connectivity index (χ2n) is 14.7. The Morgan fingerprint density at radius 2 is 1.50 bits per heavy atom. The van der Waals surface area contributed by atoms with Gasteiger partial charge in [-0.3, -0.25) is 9.59 Å². The molecule has 0 aromatic heterocycles. The Labute approximate surface area is 254 Å². The molecule has 8 atom stereocenters. The first kappa shape index (κ1) is 33.4. The number of unbranched alkanes of at least 4 members (excludes halogenated alkanes) is 12. The molecule has 0 aromatic carbocycles. The number of Topliss-reactive ketones (excluding diaryl/α,β-unsaturated/α-hetero) is 1. The van der Waals surface area contributed by atoms with E-state index in [4.69, 9.17) is 4.74 Å². The highest BCUT2D eigenvalue weighted by molar-refractivity contribution is 6.05. The largest absolute Gasteiger partial charge is 0.458 e. The molecular formula is C36H58O6. The molecule has 6 heteroatoms. The van der Waals surface area contributed by atoms with Gasteiger partial charge in [0.1, 0.15) is 11.7 Å². The topological polar surface area (TPSA) is 104 Å². The van der Waals surface area contributed by atoms with Crippen LogP contribution in [0.4, 0.5) is 0 Å². The van der Waals surface area contributed by atoms with Crippen molar-refractivity contribution in [3.05, 3.63) is 23.3 Å². The molecule has 3 N–H and O–H groups in total. The summed E-state index contributed by atoms with van der Waals surface area (Å²) in [6, 6.07) is 0. The minimum absolute atomic E-state index is 0.00213. The predicted octanol–water partition coefficient (Wildman–Crippen LogP) is 6.85. The fourth-order valence-electron chi connectivity index (χ4n) is 9.24. The molecule has 0 bridgehead atoms. The van der Waals surface area contributed by atoms with Crippen molar-refractivity contribution in [3.63, 3.8) is 0 Å². The van der Waals surface area contributed by atoms with Gasteiger partial charge in [-0.05, 0) is 48.7 Å². The summed E-state index contributed by atoms with van der Waals surface area (Å²) in [6.45, 7) is 9.92. The van der Waals surface area contributed by atoms with Gasteiger partial charge in [-0.25, -0.2) is 0 Å². The van der Waals surface area contributed by atoms with Crippen LogP contribution in [0, 0.1) is 35.0 Å². The monoisotopic (exact) mass is 586 g/mol. The molecule has 6 nitrogen and oxygen atoms in total. The lowest BCUT2D eigenvalue weighted by Gasteiger charge is -2.44. The van der Waals surface area contributed by atoms with Crippen LogP contribution in [0.1, 0.15) is 131 Å². The lowest BCUT2D eigenvalue weighted by Crippen LogP contribution is -2.56. The molecule has 0 aliphatic heterocycles. The highest BCUT2D eigenvalue weighted by Gasteiger charge is 2.80. The molecule has 2 fully saturated rings. The molecule has 1 unspecified atom stereocenters. The van der Waals surface area contributed by atoms with E-state index in [-0.39, 0.29) is 40.6 Å². The molecule has 4 rings (SSSR count). The third-order valence-electron chi connectivity index (χ3n) is 11.6. The van der Waals surface area contributed by atoms with E-state index in [1.54, 1.807) is 6.92 Å². The molecule has 4 aliphatic carbocycles. The zero-order chi connectivity index (χ0) is 30.7. The van der Waals surface area contributed by atoms with E-state index in [9.17, 15) is 24.9 Å². The first-order valence-corrected chi connectivity index (χ1v) is 17.1. The van der Waals surface area contributed by atoms with Gasteiger partial charge in [0.15, 0.2) is 11.4 Å². The number of ether oxygens (including phenoxy) is 1. The molecule has 2 saturated carbocycles. The molecule has 0 aromatic rings. The van der Waals surface area contributed by atoms with Crippen molar-refractivity contribution in [1.82, 2.24) is 0 Å². The van der Waals surface area contributed by atoms with Gasteiger partial charge in [0.25, 0.3) is 0 Å². The zero-order valence-corrected chi connectivity index (χ0v) is 27.0. The van der Waals surface area contributed by atoms with Crippen molar-refractivity contribution < 1.29 is 29.6 Å². The average molecular weight is 587 g/mol. The maximum absolute atomic E-state index is 13.1. The summed E-state index contributed by atoms with van der Waals surface area (Å²) >= 11 is 0. The van der Waals surface area contributed by atoms with E-state index < -0.39 is 35.6 Å². The number of allylic oxidation sites excluding steroid dienone is 1. The molecule has 0 saturated heterocycles. The van der Waals surface area contributed by atoms with Crippen molar-refractivity contribution in [2.24, 2.45) is 35.0 Å². The Morgan fingerprint density at radius 3 is 2.05 bits per heavy atom. The normalized spacial score (nSPS) is 36.3. The number of carbonyl (C=O) groups is 2. The molecule has 0 spiro atoms. The average Bonchev–Trinajstić information content (AvgIpc) is 3.35. The van der Waals surface area contributed by atoms with Crippen molar-refractivity contribution in [3.8, 4) is 0 Å². The second-order valence-corrected chi connectivity index (χ2v) is 14.7. The molecule has 0 amide bonds. The Hall–Kier alpha value is -1.50. The summed E-state index contributed by atoms with van der Waals surface area (Å²) in [5.74, 6) is -1.32. The zero-order valence-electron chi connectivity index (χ0n) is 27.0. The summed E-state index contributed by atoms with van der Waals surface area (Å²) in [5.41, 5.74) is -2.10. The van der Waals surface area contributed by atoms with E-state index in [2.05, 4.69) is 27.7 Å². The third kappa shape index (κ3) is 6.06. The highest BCUT2D eigenvalue weighted by Crippen LogP contribution is 2.75. The van der Waals surface area contributed by atoms with Crippen LogP contribution >= 0.6 is 0 Å². The molecular weight excluding hydrogens is 528 g/mol. The third-order valence-corrected chi connectivity index (χ3v) is 11.6. The maximum atomic E-state index is 13.1. The summed E-state index contributed by atoms with van der Waals surface area (Å²) in [5, 5.41) is 33.0. The maximum Gasteiger partial charge on any atom is 0.306 e. The molecule has 0 radical (unpaired) electrons. The number of aliphatic hydroxyl groups excluding tert-OH is 2. The van der Waals surface area contributed by atoms with Gasteiger partial charge >= 0.3 is 5.97 Å². The van der Waals surface area contributed by atoms with Crippen LogP contribution in [0.5, 0.6) is 0 Å². The van der Waals surface area contributed by atoms with Gasteiger partial charge in [0.05, 0.1) is 6.61 Å². The molecule has 4 aliphatic rings. The van der Waals surface area contributed by atoms with E-state index >= 15 is 0 Å². The fourth-order valence-corrected chi connectivity index (χ4v) is 9.24. The Kier molecular flexibility index (Phi) is 10.9. The number of hydrogen-bond acceptors (Lipinski definition) is 6. The number of fused-ring (bicyclic) bond motifs is 5. The molecule has 42 heavy (non-hydrogen) atoms. The van der Waals surface area contributed by atoms with Crippen molar-refractivity contribution >= 4 is 11.8 Å². The summed E-state index contributed by atoms with van der Waals surface area (Å²) < 4.78 is 6.37. The first-order chi connectivity index (χ1) is 20.0. The number of hydrogen-bond donors (Lipinski definition) is 3. The lowest BCUT2D eigenvalue weighted by atomic mass is 9.63. The first-order valence-electron chi connectivity index (χ1n) is 17.1. The molecule has 238 valence electrons. The van der Waals surface area contributed by atoms with Gasteiger partial charge in [-0.15, -0.1) is 0 Å².